The Kier molecular flexibility index (Phi) is 6.04. The Labute approximate surface area is 155 Å². The Balaban J connectivity index is 1.70. The number of nitrogens with one attached hydrogen (secondary N) is 1. The Bertz CT molecular complexity index is 786. The largest absolute Gasteiger partial charge is 0.322 e. The van der Waals surface area contributed by atoms with Crippen LogP contribution in [0.5, 0.6) is 0 Å². The minimum atomic E-state index is -0.151. The van der Waals surface area contributed by atoms with E-state index in [4.69, 9.17) is 5.26 Å². The van der Waals surface area contributed by atoms with E-state index in [1.54, 1.807) is 24.3 Å². The second-order valence-electron chi connectivity index (χ2n) is 7.01. The molecule has 0 radical (unpaired) electrons. The number of hydrogen-bond donors (Lipinski definition) is 1. The third-order valence-corrected chi connectivity index (χ3v) is 5.16. The van der Waals surface area contributed by atoms with Crippen LogP contribution >= 0.6 is 0 Å². The van der Waals surface area contributed by atoms with Crippen LogP contribution in [-0.4, -0.2) is 23.9 Å². The fourth-order valence-electron chi connectivity index (χ4n) is 3.59. The van der Waals surface area contributed by atoms with E-state index < -0.39 is 0 Å². The molecule has 0 aromatic heterocycles. The maximum absolute atomic E-state index is 12.5. The molecule has 3 rings (SSSR count). The van der Waals surface area contributed by atoms with Gasteiger partial charge < -0.3 is 5.32 Å². The number of anilines is 1. The number of amides is 1. The van der Waals surface area contributed by atoms with Gasteiger partial charge in [0.2, 0.25) is 0 Å². The molecule has 134 valence electrons. The molecule has 4 nitrogen and oxygen atoms in total. The fraction of sp³-hybridized carbons (Fsp3) is 0.364. The molecule has 0 bridgehead atoms. The first-order valence-corrected chi connectivity index (χ1v) is 9.27. The Morgan fingerprint density at radius 3 is 2.50 bits per heavy atom. The number of rotatable bonds is 5. The van der Waals surface area contributed by atoms with Crippen molar-refractivity contribution in [3.8, 4) is 6.07 Å². The number of nitriles is 1. The zero-order valence-electron chi connectivity index (χ0n) is 15.2. The van der Waals surface area contributed by atoms with Gasteiger partial charge in [-0.3, -0.25) is 9.69 Å². The Hall–Kier alpha value is -2.64. The van der Waals surface area contributed by atoms with Gasteiger partial charge in [0.05, 0.1) is 11.6 Å². The van der Waals surface area contributed by atoms with Gasteiger partial charge in [0.15, 0.2) is 0 Å². The maximum atomic E-state index is 12.5. The van der Waals surface area contributed by atoms with Crippen LogP contribution in [0.2, 0.25) is 0 Å². The minimum absolute atomic E-state index is 0.151. The normalized spacial score (nSPS) is 14.8. The standard InChI is InChI=1S/C22H25N3O/c1-25(20-8-3-2-4-9-20)16-19-7-5-6-10-21(19)24-22(26)18-13-11-17(15-23)12-14-18/h5-7,10-14,20H,2-4,8-9,16H2,1H3,(H,24,26). The first-order valence-electron chi connectivity index (χ1n) is 9.27. The molecule has 1 aliphatic rings. The van der Waals surface area contributed by atoms with Gasteiger partial charge in [-0.05, 0) is 55.8 Å². The van der Waals surface area contributed by atoms with Crippen LogP contribution in [0.15, 0.2) is 48.5 Å². The molecule has 0 aliphatic heterocycles. The van der Waals surface area contributed by atoms with E-state index in [2.05, 4.69) is 29.4 Å². The number of para-hydroxylation sites is 1. The monoisotopic (exact) mass is 347 g/mol. The van der Waals surface area contributed by atoms with Crippen LogP contribution in [0, 0.1) is 11.3 Å². The summed E-state index contributed by atoms with van der Waals surface area (Å²) >= 11 is 0. The maximum Gasteiger partial charge on any atom is 0.255 e. The Morgan fingerprint density at radius 2 is 1.81 bits per heavy atom. The van der Waals surface area contributed by atoms with Crippen molar-refractivity contribution in [3.63, 3.8) is 0 Å². The number of carbonyl (C=O) groups excluding carboxylic acids is 1. The minimum Gasteiger partial charge on any atom is -0.322 e. The molecule has 26 heavy (non-hydrogen) atoms. The number of benzene rings is 2. The second kappa shape index (κ2) is 8.64. The number of carbonyl (C=O) groups is 1. The highest BCUT2D eigenvalue weighted by molar-refractivity contribution is 6.04. The molecule has 0 atom stereocenters. The summed E-state index contributed by atoms with van der Waals surface area (Å²) in [5.74, 6) is -0.151. The predicted molar refractivity (Wildman–Crippen MR) is 104 cm³/mol. The molecule has 0 spiro atoms. The average Bonchev–Trinajstić information content (AvgIpc) is 2.70. The molecular weight excluding hydrogens is 322 g/mol. The van der Waals surface area contributed by atoms with Crippen molar-refractivity contribution in [1.29, 1.82) is 5.26 Å². The summed E-state index contributed by atoms with van der Waals surface area (Å²) in [7, 11) is 2.18. The summed E-state index contributed by atoms with van der Waals surface area (Å²) in [4.78, 5) is 15.0. The summed E-state index contributed by atoms with van der Waals surface area (Å²) in [6.07, 6.45) is 6.49. The molecule has 4 heteroatoms. The molecule has 1 N–H and O–H groups in total. The van der Waals surface area contributed by atoms with Crippen LogP contribution in [0.3, 0.4) is 0 Å². The zero-order chi connectivity index (χ0) is 18.4. The van der Waals surface area contributed by atoms with E-state index in [0.717, 1.165) is 17.8 Å². The van der Waals surface area contributed by atoms with Crippen LogP contribution in [-0.2, 0) is 6.54 Å². The van der Waals surface area contributed by atoms with Gasteiger partial charge in [-0.25, -0.2) is 0 Å². The van der Waals surface area contributed by atoms with Crippen molar-refractivity contribution in [1.82, 2.24) is 4.90 Å². The van der Waals surface area contributed by atoms with Crippen molar-refractivity contribution < 1.29 is 4.79 Å². The molecule has 1 amide bonds. The third kappa shape index (κ3) is 4.50. The van der Waals surface area contributed by atoms with E-state index in [1.807, 2.05) is 18.2 Å². The second-order valence-corrected chi connectivity index (χ2v) is 7.01. The number of hydrogen-bond acceptors (Lipinski definition) is 3. The first kappa shape index (κ1) is 18.2. The SMILES string of the molecule is CN(Cc1ccccc1NC(=O)c1ccc(C#N)cc1)C1CCCCC1. The van der Waals surface area contributed by atoms with Crippen molar-refractivity contribution in [2.45, 2.75) is 44.7 Å². The van der Waals surface area contributed by atoms with Crippen molar-refractivity contribution >= 4 is 11.6 Å². The fourth-order valence-corrected chi connectivity index (χ4v) is 3.59. The molecule has 0 heterocycles. The lowest BCUT2D eigenvalue weighted by molar-refractivity contribution is 0.102. The molecule has 0 unspecified atom stereocenters. The lowest BCUT2D eigenvalue weighted by Gasteiger charge is -2.31. The highest BCUT2D eigenvalue weighted by Gasteiger charge is 2.19. The van der Waals surface area contributed by atoms with Crippen molar-refractivity contribution in [2.75, 3.05) is 12.4 Å². The number of nitrogens with zero attached hydrogens (tertiary/aromatic N) is 2. The summed E-state index contributed by atoms with van der Waals surface area (Å²) < 4.78 is 0. The summed E-state index contributed by atoms with van der Waals surface area (Å²) in [5.41, 5.74) is 3.09. The highest BCUT2D eigenvalue weighted by Crippen LogP contribution is 2.25. The summed E-state index contributed by atoms with van der Waals surface area (Å²) in [6.45, 7) is 0.828. The topological polar surface area (TPSA) is 56.1 Å². The molecule has 1 aliphatic carbocycles. The lowest BCUT2D eigenvalue weighted by atomic mass is 9.94. The van der Waals surface area contributed by atoms with Gasteiger partial charge in [0.1, 0.15) is 0 Å². The summed E-state index contributed by atoms with van der Waals surface area (Å²) in [5, 5.41) is 11.9. The molecule has 2 aromatic rings. The molecule has 2 aromatic carbocycles. The van der Waals surface area contributed by atoms with Gasteiger partial charge in [-0.1, -0.05) is 37.5 Å². The van der Waals surface area contributed by atoms with Gasteiger partial charge in [0, 0.05) is 23.8 Å². The van der Waals surface area contributed by atoms with Gasteiger partial charge in [-0.2, -0.15) is 5.26 Å². The van der Waals surface area contributed by atoms with Gasteiger partial charge >= 0.3 is 0 Å². The van der Waals surface area contributed by atoms with E-state index >= 15 is 0 Å². The van der Waals surface area contributed by atoms with Crippen LogP contribution in [0.25, 0.3) is 0 Å². The molecule has 0 saturated heterocycles. The van der Waals surface area contributed by atoms with Gasteiger partial charge in [0.25, 0.3) is 5.91 Å². The van der Waals surface area contributed by atoms with E-state index in [-0.39, 0.29) is 5.91 Å². The lowest BCUT2D eigenvalue weighted by Crippen LogP contribution is -2.33. The van der Waals surface area contributed by atoms with E-state index in [9.17, 15) is 4.79 Å². The zero-order valence-corrected chi connectivity index (χ0v) is 15.2. The van der Waals surface area contributed by atoms with Crippen LogP contribution < -0.4 is 5.32 Å². The van der Waals surface area contributed by atoms with E-state index in [0.29, 0.717) is 17.2 Å². The third-order valence-electron chi connectivity index (χ3n) is 5.16. The molecule has 1 fully saturated rings. The molecule has 1 saturated carbocycles. The smallest absolute Gasteiger partial charge is 0.255 e. The first-order chi connectivity index (χ1) is 12.7. The predicted octanol–water partition coefficient (Wildman–Crippen LogP) is 4.58. The average molecular weight is 347 g/mol. The molecular formula is C22H25N3O. The quantitative estimate of drug-likeness (QED) is 0.861. The Morgan fingerprint density at radius 1 is 1.12 bits per heavy atom. The van der Waals surface area contributed by atoms with Crippen LogP contribution in [0.4, 0.5) is 5.69 Å². The highest BCUT2D eigenvalue weighted by atomic mass is 16.1. The van der Waals surface area contributed by atoms with Crippen molar-refractivity contribution in [2.24, 2.45) is 0 Å². The van der Waals surface area contributed by atoms with Crippen LogP contribution in [0.1, 0.15) is 53.6 Å². The van der Waals surface area contributed by atoms with Gasteiger partial charge in [-0.15, -0.1) is 0 Å². The summed E-state index contributed by atoms with van der Waals surface area (Å²) in [6, 6.07) is 17.4. The van der Waals surface area contributed by atoms with E-state index in [1.165, 1.54) is 32.1 Å². The van der Waals surface area contributed by atoms with Crippen molar-refractivity contribution in [3.05, 3.63) is 65.2 Å².